The summed E-state index contributed by atoms with van der Waals surface area (Å²) in [5, 5.41) is 7.99. The highest BCUT2D eigenvalue weighted by Gasteiger charge is 2.32. The van der Waals surface area contributed by atoms with E-state index in [1.807, 2.05) is 6.07 Å². The molecule has 2 aromatic rings. The van der Waals surface area contributed by atoms with E-state index >= 15 is 0 Å². The van der Waals surface area contributed by atoms with Crippen LogP contribution in [0.1, 0.15) is 30.5 Å². The Morgan fingerprint density at radius 1 is 1.40 bits per heavy atom. The molecule has 0 aliphatic carbocycles. The van der Waals surface area contributed by atoms with Crippen LogP contribution in [0.25, 0.3) is 0 Å². The van der Waals surface area contributed by atoms with Crippen molar-refractivity contribution in [2.75, 3.05) is 6.54 Å². The molecule has 0 saturated heterocycles. The molecule has 3 rings (SSSR count). The van der Waals surface area contributed by atoms with Crippen LogP contribution in [0, 0.1) is 0 Å². The first-order chi connectivity index (χ1) is 9.79. The predicted molar refractivity (Wildman–Crippen MR) is 87.6 cm³/mol. The fourth-order valence-corrected chi connectivity index (χ4v) is 4.23. The lowest BCUT2D eigenvalue weighted by molar-refractivity contribution is 0.178. The van der Waals surface area contributed by atoms with Crippen LogP contribution in [-0.2, 0) is 6.42 Å². The second-order valence-electron chi connectivity index (χ2n) is 5.08. The number of nitrogens with one attached hydrogen (secondary N) is 1. The molecule has 1 aliphatic rings. The van der Waals surface area contributed by atoms with Gasteiger partial charge in [-0.15, -0.1) is 0 Å². The summed E-state index contributed by atoms with van der Waals surface area (Å²) in [6, 6.07) is 8.59. The average molecular weight is 352 g/mol. The normalized spacial score (nSPS) is 18.6. The van der Waals surface area contributed by atoms with E-state index in [2.05, 4.69) is 57.1 Å². The summed E-state index contributed by atoms with van der Waals surface area (Å²) < 4.78 is 7.34. The maximum atomic E-state index is 6.17. The molecule has 0 bridgehead atoms. The molecule has 0 radical (unpaired) electrons. The minimum atomic E-state index is 0.171. The number of hydrogen-bond donors (Lipinski definition) is 1. The Morgan fingerprint density at radius 3 is 2.95 bits per heavy atom. The minimum absolute atomic E-state index is 0.171. The topological polar surface area (TPSA) is 21.3 Å². The van der Waals surface area contributed by atoms with Crippen molar-refractivity contribution >= 4 is 27.3 Å². The van der Waals surface area contributed by atoms with Crippen LogP contribution in [0.15, 0.2) is 39.5 Å². The molecule has 0 amide bonds. The van der Waals surface area contributed by atoms with Crippen molar-refractivity contribution in [3.63, 3.8) is 0 Å². The number of benzene rings is 1. The number of thiophene rings is 1. The van der Waals surface area contributed by atoms with Gasteiger partial charge in [0.1, 0.15) is 11.9 Å². The first kappa shape index (κ1) is 14.1. The lowest BCUT2D eigenvalue weighted by atomic mass is 10.00. The molecule has 1 N–H and O–H groups in total. The molecule has 0 spiro atoms. The molecule has 1 aromatic carbocycles. The fourth-order valence-electron chi connectivity index (χ4n) is 2.65. The van der Waals surface area contributed by atoms with E-state index in [4.69, 9.17) is 4.74 Å². The zero-order valence-corrected chi connectivity index (χ0v) is 13.8. The summed E-state index contributed by atoms with van der Waals surface area (Å²) >= 11 is 5.38. The van der Waals surface area contributed by atoms with E-state index in [9.17, 15) is 0 Å². The Labute approximate surface area is 132 Å². The van der Waals surface area contributed by atoms with Gasteiger partial charge in [0.2, 0.25) is 0 Å². The molecular formula is C16H18BrNOS. The molecule has 0 saturated carbocycles. The van der Waals surface area contributed by atoms with Gasteiger partial charge >= 0.3 is 0 Å². The van der Waals surface area contributed by atoms with E-state index in [0.717, 1.165) is 25.1 Å². The highest BCUT2D eigenvalue weighted by atomic mass is 79.9. The van der Waals surface area contributed by atoms with Crippen LogP contribution in [0.5, 0.6) is 5.75 Å². The molecule has 1 aromatic heterocycles. The molecule has 1 aliphatic heterocycles. The highest BCUT2D eigenvalue weighted by Crippen LogP contribution is 2.37. The van der Waals surface area contributed by atoms with Gasteiger partial charge in [0.25, 0.3) is 0 Å². The molecule has 106 valence electrons. The van der Waals surface area contributed by atoms with Crippen molar-refractivity contribution in [3.05, 3.63) is 50.6 Å². The molecular weight excluding hydrogens is 334 g/mol. The van der Waals surface area contributed by atoms with Gasteiger partial charge < -0.3 is 10.1 Å². The van der Waals surface area contributed by atoms with Crippen molar-refractivity contribution in [1.29, 1.82) is 0 Å². The molecule has 2 heterocycles. The summed E-state index contributed by atoms with van der Waals surface area (Å²) in [7, 11) is 0. The zero-order chi connectivity index (χ0) is 13.9. The lowest BCUT2D eigenvalue weighted by Gasteiger charge is -2.24. The first-order valence-electron chi connectivity index (χ1n) is 6.99. The third-order valence-electron chi connectivity index (χ3n) is 3.64. The van der Waals surface area contributed by atoms with Gasteiger partial charge in [0.15, 0.2) is 0 Å². The molecule has 2 atom stereocenters. The van der Waals surface area contributed by atoms with Crippen molar-refractivity contribution in [3.8, 4) is 5.75 Å². The zero-order valence-electron chi connectivity index (χ0n) is 11.4. The third kappa shape index (κ3) is 2.78. The summed E-state index contributed by atoms with van der Waals surface area (Å²) in [5.74, 6) is 1.03. The van der Waals surface area contributed by atoms with Crippen LogP contribution >= 0.6 is 27.3 Å². The number of ether oxygens (including phenoxy) is 1. The first-order valence-corrected chi connectivity index (χ1v) is 8.72. The van der Waals surface area contributed by atoms with Gasteiger partial charge in [-0.05, 0) is 51.5 Å². The molecule has 2 nitrogen and oxygen atoms in total. The second kappa shape index (κ2) is 6.29. The van der Waals surface area contributed by atoms with Crippen molar-refractivity contribution in [1.82, 2.24) is 5.32 Å². The van der Waals surface area contributed by atoms with Crippen molar-refractivity contribution in [2.24, 2.45) is 0 Å². The van der Waals surface area contributed by atoms with E-state index in [-0.39, 0.29) is 12.1 Å². The Bertz CT molecular complexity index is 558. The predicted octanol–water partition coefficient (Wildman–Crippen LogP) is 4.56. The Balaban J connectivity index is 1.83. The number of rotatable bonds is 5. The Hall–Kier alpha value is -0.840. The number of para-hydroxylation sites is 1. The Kier molecular flexibility index (Phi) is 4.44. The van der Waals surface area contributed by atoms with Gasteiger partial charge in [-0.1, -0.05) is 25.1 Å². The van der Waals surface area contributed by atoms with Gasteiger partial charge in [-0.3, -0.25) is 0 Å². The van der Waals surface area contributed by atoms with E-state index in [1.165, 1.54) is 15.6 Å². The van der Waals surface area contributed by atoms with Gasteiger partial charge in [-0.2, -0.15) is 11.3 Å². The third-order valence-corrected chi connectivity index (χ3v) is 5.39. The fraction of sp³-hybridized carbons (Fsp3) is 0.375. The second-order valence-corrected chi connectivity index (χ2v) is 6.67. The van der Waals surface area contributed by atoms with Crippen LogP contribution in [0.4, 0.5) is 0 Å². The number of halogens is 1. The van der Waals surface area contributed by atoms with Gasteiger partial charge in [0.05, 0.1) is 6.04 Å². The summed E-state index contributed by atoms with van der Waals surface area (Å²) in [6.07, 6.45) is 2.27. The van der Waals surface area contributed by atoms with Crippen LogP contribution in [0.3, 0.4) is 0 Å². The van der Waals surface area contributed by atoms with E-state index in [0.29, 0.717) is 0 Å². The van der Waals surface area contributed by atoms with Crippen molar-refractivity contribution < 1.29 is 4.74 Å². The van der Waals surface area contributed by atoms with Gasteiger partial charge in [0, 0.05) is 16.3 Å². The largest absolute Gasteiger partial charge is 0.488 e. The summed E-state index contributed by atoms with van der Waals surface area (Å²) in [4.78, 5) is 0. The smallest absolute Gasteiger partial charge is 0.123 e. The molecule has 20 heavy (non-hydrogen) atoms. The highest BCUT2D eigenvalue weighted by molar-refractivity contribution is 9.10. The number of hydrogen-bond acceptors (Lipinski definition) is 3. The van der Waals surface area contributed by atoms with Crippen LogP contribution < -0.4 is 10.1 Å². The molecule has 0 fully saturated rings. The van der Waals surface area contributed by atoms with E-state index in [1.54, 1.807) is 11.3 Å². The SMILES string of the molecule is CCCNC(c1cscc1Br)C1Cc2ccccc2O1. The minimum Gasteiger partial charge on any atom is -0.488 e. The monoisotopic (exact) mass is 351 g/mol. The average Bonchev–Trinajstić information content (AvgIpc) is 3.06. The maximum Gasteiger partial charge on any atom is 0.123 e. The summed E-state index contributed by atoms with van der Waals surface area (Å²) in [5.41, 5.74) is 2.62. The van der Waals surface area contributed by atoms with Crippen molar-refractivity contribution in [2.45, 2.75) is 31.9 Å². The number of fused-ring (bicyclic) bond motifs is 1. The summed E-state index contributed by atoms with van der Waals surface area (Å²) in [6.45, 7) is 3.19. The maximum absolute atomic E-state index is 6.17. The molecule has 2 unspecified atom stereocenters. The van der Waals surface area contributed by atoms with Crippen LogP contribution in [0.2, 0.25) is 0 Å². The van der Waals surface area contributed by atoms with Crippen LogP contribution in [-0.4, -0.2) is 12.6 Å². The Morgan fingerprint density at radius 2 is 2.25 bits per heavy atom. The van der Waals surface area contributed by atoms with E-state index < -0.39 is 0 Å². The molecule has 4 heteroatoms. The standard InChI is InChI=1S/C16H18BrNOS/c1-2-7-18-16(12-9-20-10-13(12)17)15-8-11-5-3-4-6-14(11)19-15/h3-6,9-10,15-16,18H,2,7-8H2,1H3. The lowest BCUT2D eigenvalue weighted by Crippen LogP contribution is -2.35. The quantitative estimate of drug-likeness (QED) is 0.852. The van der Waals surface area contributed by atoms with Gasteiger partial charge in [-0.25, -0.2) is 0 Å².